The molecular weight excluding hydrogens is 278 g/mol. The summed E-state index contributed by atoms with van der Waals surface area (Å²) in [5.41, 5.74) is 9.22. The largest absolute Gasteiger partial charge is 0.398 e. The van der Waals surface area contributed by atoms with E-state index in [2.05, 4.69) is 4.98 Å². The van der Waals surface area contributed by atoms with E-state index in [1.165, 1.54) is 12.1 Å². The van der Waals surface area contributed by atoms with Crippen LogP contribution in [-0.2, 0) is 0 Å². The molecule has 0 aliphatic rings. The molecule has 3 rings (SSSR count). The van der Waals surface area contributed by atoms with Crippen LogP contribution in [0.15, 0.2) is 54.6 Å². The summed E-state index contributed by atoms with van der Waals surface area (Å²) in [4.78, 5) is 14.7. The van der Waals surface area contributed by atoms with Crippen LogP contribution in [0, 0.1) is 10.1 Å². The molecule has 0 amide bonds. The molecule has 1 aromatic heterocycles. The van der Waals surface area contributed by atoms with E-state index in [1.807, 2.05) is 42.5 Å². The number of nitro benzene ring substituents is 1. The van der Waals surface area contributed by atoms with Crippen molar-refractivity contribution >= 4 is 34.4 Å². The molecule has 108 valence electrons. The van der Waals surface area contributed by atoms with Crippen molar-refractivity contribution in [3.8, 4) is 0 Å². The van der Waals surface area contributed by atoms with Gasteiger partial charge in [-0.1, -0.05) is 24.3 Å². The molecule has 0 saturated heterocycles. The number of nitrogen functional groups attached to an aromatic ring is 1. The zero-order chi connectivity index (χ0) is 15.5. The predicted octanol–water partition coefficient (Wildman–Crippen LogP) is 3.90. The minimum Gasteiger partial charge on any atom is -0.398 e. The highest BCUT2D eigenvalue weighted by molar-refractivity contribution is 5.91. The van der Waals surface area contributed by atoms with Crippen molar-refractivity contribution in [3.05, 3.63) is 76.0 Å². The third kappa shape index (κ3) is 2.78. The normalized spacial score (nSPS) is 11.1. The molecule has 0 aliphatic carbocycles. The Bertz CT molecular complexity index is 871. The molecule has 0 unspecified atom stereocenters. The van der Waals surface area contributed by atoms with Gasteiger partial charge in [-0.2, -0.15) is 0 Å². The number of pyridine rings is 1. The number of benzene rings is 2. The maximum absolute atomic E-state index is 10.6. The van der Waals surface area contributed by atoms with E-state index in [0.717, 1.165) is 22.2 Å². The zero-order valence-electron chi connectivity index (χ0n) is 11.6. The Morgan fingerprint density at radius 3 is 2.50 bits per heavy atom. The number of fused-ring (bicyclic) bond motifs is 1. The van der Waals surface area contributed by atoms with Gasteiger partial charge >= 0.3 is 0 Å². The highest BCUT2D eigenvalue weighted by atomic mass is 16.6. The summed E-state index contributed by atoms with van der Waals surface area (Å²) in [5.74, 6) is 0. The second-order valence-corrected chi connectivity index (χ2v) is 4.84. The highest BCUT2D eigenvalue weighted by Crippen LogP contribution is 2.21. The second-order valence-electron chi connectivity index (χ2n) is 4.84. The van der Waals surface area contributed by atoms with Crippen molar-refractivity contribution in [2.75, 3.05) is 5.73 Å². The van der Waals surface area contributed by atoms with E-state index >= 15 is 0 Å². The van der Waals surface area contributed by atoms with Crippen molar-refractivity contribution in [2.45, 2.75) is 0 Å². The van der Waals surface area contributed by atoms with Gasteiger partial charge in [-0.15, -0.1) is 0 Å². The first kappa shape index (κ1) is 13.8. The Kier molecular flexibility index (Phi) is 3.53. The summed E-state index contributed by atoms with van der Waals surface area (Å²) < 4.78 is 0. The predicted molar refractivity (Wildman–Crippen MR) is 88.2 cm³/mol. The fourth-order valence-electron chi connectivity index (χ4n) is 2.20. The van der Waals surface area contributed by atoms with Gasteiger partial charge in [0, 0.05) is 23.2 Å². The second kappa shape index (κ2) is 5.65. The molecule has 2 N–H and O–H groups in total. The van der Waals surface area contributed by atoms with Gasteiger partial charge < -0.3 is 5.73 Å². The van der Waals surface area contributed by atoms with Crippen LogP contribution in [-0.4, -0.2) is 9.91 Å². The number of hydrogen-bond donors (Lipinski definition) is 1. The number of nitrogens with two attached hydrogens (primary N) is 1. The number of para-hydroxylation sites is 1. The van der Waals surface area contributed by atoms with Gasteiger partial charge in [-0.3, -0.25) is 10.1 Å². The molecule has 0 aliphatic heterocycles. The molecule has 0 bridgehead atoms. The van der Waals surface area contributed by atoms with Crippen LogP contribution in [0.25, 0.3) is 23.1 Å². The van der Waals surface area contributed by atoms with Crippen LogP contribution in [0.2, 0.25) is 0 Å². The van der Waals surface area contributed by atoms with E-state index in [1.54, 1.807) is 12.1 Å². The lowest BCUT2D eigenvalue weighted by Crippen LogP contribution is -1.91. The third-order valence-corrected chi connectivity index (χ3v) is 3.32. The molecule has 0 spiro atoms. The van der Waals surface area contributed by atoms with Crippen molar-refractivity contribution < 1.29 is 4.92 Å². The summed E-state index contributed by atoms with van der Waals surface area (Å²) in [6.07, 6.45) is 3.68. The van der Waals surface area contributed by atoms with Gasteiger partial charge in [0.05, 0.1) is 16.1 Å². The topological polar surface area (TPSA) is 82.0 Å². The maximum Gasteiger partial charge on any atom is 0.269 e. The van der Waals surface area contributed by atoms with Crippen molar-refractivity contribution in [2.24, 2.45) is 0 Å². The van der Waals surface area contributed by atoms with E-state index < -0.39 is 4.92 Å². The fraction of sp³-hybridized carbons (Fsp3) is 0. The lowest BCUT2D eigenvalue weighted by Gasteiger charge is -2.03. The van der Waals surface area contributed by atoms with Crippen LogP contribution < -0.4 is 5.73 Å². The van der Waals surface area contributed by atoms with Crippen LogP contribution in [0.1, 0.15) is 11.3 Å². The number of nitrogens with zero attached hydrogens (tertiary/aromatic N) is 2. The number of hydrogen-bond acceptors (Lipinski definition) is 4. The average molecular weight is 291 g/mol. The lowest BCUT2D eigenvalue weighted by atomic mass is 10.1. The van der Waals surface area contributed by atoms with Crippen LogP contribution >= 0.6 is 0 Å². The van der Waals surface area contributed by atoms with Gasteiger partial charge in [-0.05, 0) is 35.9 Å². The summed E-state index contributed by atoms with van der Waals surface area (Å²) in [6, 6.07) is 15.8. The number of aromatic nitrogens is 1. The molecule has 5 heteroatoms. The van der Waals surface area contributed by atoms with Gasteiger partial charge in [0.25, 0.3) is 5.69 Å². The molecule has 3 aromatic rings. The first-order valence-corrected chi connectivity index (χ1v) is 6.71. The van der Waals surface area contributed by atoms with E-state index in [0.29, 0.717) is 5.69 Å². The zero-order valence-corrected chi connectivity index (χ0v) is 11.6. The quantitative estimate of drug-likeness (QED) is 0.586. The summed E-state index contributed by atoms with van der Waals surface area (Å²) >= 11 is 0. The minimum atomic E-state index is -0.418. The van der Waals surface area contributed by atoms with E-state index in [4.69, 9.17) is 5.73 Å². The van der Waals surface area contributed by atoms with Gasteiger partial charge in [-0.25, -0.2) is 4.98 Å². The minimum absolute atomic E-state index is 0.0743. The van der Waals surface area contributed by atoms with Crippen LogP contribution in [0.3, 0.4) is 0 Å². The lowest BCUT2D eigenvalue weighted by molar-refractivity contribution is -0.384. The standard InChI is InChI=1S/C17H13N3O2/c18-16-11-13(19-17-4-2-1-3-15(16)17)8-5-12-6-9-14(10-7-12)20(21)22/h1-11H,(H2,18,19)/b8-5+. The van der Waals surface area contributed by atoms with E-state index in [-0.39, 0.29) is 5.69 Å². The molecule has 0 saturated carbocycles. The Morgan fingerprint density at radius 1 is 1.05 bits per heavy atom. The fourth-order valence-corrected chi connectivity index (χ4v) is 2.20. The molecule has 5 nitrogen and oxygen atoms in total. The highest BCUT2D eigenvalue weighted by Gasteiger charge is 2.03. The van der Waals surface area contributed by atoms with Crippen molar-refractivity contribution in [3.63, 3.8) is 0 Å². The number of rotatable bonds is 3. The Hall–Kier alpha value is -3.21. The number of anilines is 1. The molecule has 0 radical (unpaired) electrons. The number of nitro groups is 1. The van der Waals surface area contributed by atoms with Crippen LogP contribution in [0.4, 0.5) is 11.4 Å². The van der Waals surface area contributed by atoms with Gasteiger partial charge in [0.2, 0.25) is 0 Å². The number of non-ortho nitro benzene ring substituents is 1. The van der Waals surface area contributed by atoms with Crippen molar-refractivity contribution in [1.29, 1.82) is 0 Å². The summed E-state index contributed by atoms with van der Waals surface area (Å²) in [6.45, 7) is 0. The molecule has 0 fully saturated rings. The smallest absolute Gasteiger partial charge is 0.269 e. The average Bonchev–Trinajstić information content (AvgIpc) is 2.53. The molecule has 1 heterocycles. The van der Waals surface area contributed by atoms with Gasteiger partial charge in [0.15, 0.2) is 0 Å². The van der Waals surface area contributed by atoms with E-state index in [9.17, 15) is 10.1 Å². The molecule has 0 atom stereocenters. The van der Waals surface area contributed by atoms with Crippen molar-refractivity contribution in [1.82, 2.24) is 4.98 Å². The Labute approximate surface area is 126 Å². The summed E-state index contributed by atoms with van der Waals surface area (Å²) in [5, 5.41) is 11.5. The SMILES string of the molecule is Nc1cc(/C=C/c2ccc([N+](=O)[O-])cc2)nc2ccccc12. The van der Waals surface area contributed by atoms with Crippen LogP contribution in [0.5, 0.6) is 0 Å². The molecule has 2 aromatic carbocycles. The maximum atomic E-state index is 10.6. The third-order valence-electron chi connectivity index (χ3n) is 3.32. The Morgan fingerprint density at radius 2 is 1.77 bits per heavy atom. The first-order valence-electron chi connectivity index (χ1n) is 6.71. The summed E-state index contributed by atoms with van der Waals surface area (Å²) in [7, 11) is 0. The monoisotopic (exact) mass is 291 g/mol. The van der Waals surface area contributed by atoms with Gasteiger partial charge in [0.1, 0.15) is 0 Å². The first-order chi connectivity index (χ1) is 10.6. The Balaban J connectivity index is 1.90. The molecule has 22 heavy (non-hydrogen) atoms. The molecular formula is C17H13N3O2.